The highest BCUT2D eigenvalue weighted by molar-refractivity contribution is 6.99. The summed E-state index contributed by atoms with van der Waals surface area (Å²) in [5, 5.41) is 3.32. The Labute approximate surface area is 83.3 Å². The van der Waals surface area contributed by atoms with Gasteiger partial charge in [0.2, 0.25) is 0 Å². The van der Waals surface area contributed by atoms with E-state index in [1.807, 2.05) is 6.20 Å². The molecule has 0 spiro atoms. The molecule has 0 amide bonds. The Morgan fingerprint density at radius 1 is 1.54 bits per heavy atom. The van der Waals surface area contributed by atoms with Gasteiger partial charge in [-0.25, -0.2) is 0 Å². The minimum absolute atomic E-state index is 0.837. The van der Waals surface area contributed by atoms with Gasteiger partial charge in [-0.05, 0) is 33.6 Å². The van der Waals surface area contributed by atoms with Crippen LogP contribution >= 0.6 is 11.7 Å². The van der Waals surface area contributed by atoms with Crippen molar-refractivity contribution in [3.05, 3.63) is 11.9 Å². The Morgan fingerprint density at radius 2 is 2.38 bits per heavy atom. The Kier molecular flexibility index (Phi) is 4.88. The monoisotopic (exact) mass is 200 g/mol. The van der Waals surface area contributed by atoms with E-state index in [-0.39, 0.29) is 0 Å². The summed E-state index contributed by atoms with van der Waals surface area (Å²) in [7, 11) is 4.18. The van der Waals surface area contributed by atoms with E-state index in [9.17, 15) is 0 Å². The van der Waals surface area contributed by atoms with Crippen LogP contribution in [0.1, 0.15) is 12.1 Å². The van der Waals surface area contributed by atoms with Gasteiger partial charge in [0.1, 0.15) is 0 Å². The fourth-order valence-corrected chi connectivity index (χ4v) is 1.43. The second-order valence-corrected chi connectivity index (χ2v) is 3.79. The molecule has 13 heavy (non-hydrogen) atoms. The van der Waals surface area contributed by atoms with Gasteiger partial charge in [-0.2, -0.15) is 8.75 Å². The first-order valence-electron chi connectivity index (χ1n) is 4.41. The Balaban J connectivity index is 1.96. The average molecular weight is 200 g/mol. The van der Waals surface area contributed by atoms with Gasteiger partial charge in [0.15, 0.2) is 0 Å². The highest BCUT2D eigenvalue weighted by atomic mass is 32.1. The summed E-state index contributed by atoms with van der Waals surface area (Å²) >= 11 is 1.26. The quantitative estimate of drug-likeness (QED) is 0.682. The number of aromatic nitrogens is 2. The molecule has 5 heteroatoms. The van der Waals surface area contributed by atoms with Crippen LogP contribution < -0.4 is 5.32 Å². The van der Waals surface area contributed by atoms with Crippen molar-refractivity contribution < 1.29 is 0 Å². The second kappa shape index (κ2) is 6.01. The average Bonchev–Trinajstić information content (AvgIpc) is 2.55. The van der Waals surface area contributed by atoms with Gasteiger partial charge in [0.05, 0.1) is 23.6 Å². The van der Waals surface area contributed by atoms with Gasteiger partial charge in [-0.1, -0.05) is 0 Å². The van der Waals surface area contributed by atoms with Crippen LogP contribution in [0.2, 0.25) is 0 Å². The first kappa shape index (κ1) is 10.6. The van der Waals surface area contributed by atoms with Crippen molar-refractivity contribution in [3.8, 4) is 0 Å². The maximum Gasteiger partial charge on any atom is 0.0880 e. The topological polar surface area (TPSA) is 41.0 Å². The molecule has 0 aliphatic rings. The highest BCUT2D eigenvalue weighted by Gasteiger charge is 1.95. The van der Waals surface area contributed by atoms with Crippen molar-refractivity contribution in [2.24, 2.45) is 0 Å². The van der Waals surface area contributed by atoms with E-state index < -0.39 is 0 Å². The van der Waals surface area contributed by atoms with Gasteiger partial charge >= 0.3 is 0 Å². The predicted octanol–water partition coefficient (Wildman–Crippen LogP) is 0.579. The summed E-state index contributed by atoms with van der Waals surface area (Å²) in [6.07, 6.45) is 2.98. The van der Waals surface area contributed by atoms with Crippen LogP contribution in [-0.4, -0.2) is 40.8 Å². The third kappa shape index (κ3) is 4.92. The maximum absolute atomic E-state index is 4.11. The molecule has 1 rings (SSSR count). The third-order valence-corrected chi connectivity index (χ3v) is 2.19. The van der Waals surface area contributed by atoms with Crippen molar-refractivity contribution >= 4 is 11.7 Å². The van der Waals surface area contributed by atoms with E-state index >= 15 is 0 Å². The fraction of sp³-hybridized carbons (Fsp3) is 0.750. The number of nitrogens with zero attached hydrogens (tertiary/aromatic N) is 3. The van der Waals surface area contributed by atoms with E-state index in [2.05, 4.69) is 33.1 Å². The van der Waals surface area contributed by atoms with Crippen molar-refractivity contribution in [3.63, 3.8) is 0 Å². The zero-order valence-electron chi connectivity index (χ0n) is 8.16. The van der Waals surface area contributed by atoms with Crippen LogP contribution in [0, 0.1) is 0 Å². The van der Waals surface area contributed by atoms with Crippen LogP contribution in [0.15, 0.2) is 6.20 Å². The molecule has 0 aromatic carbocycles. The molecular formula is C8H16N4S. The largest absolute Gasteiger partial charge is 0.311 e. The molecule has 1 heterocycles. The fourth-order valence-electron chi connectivity index (χ4n) is 0.999. The number of nitrogens with one attached hydrogen (secondary N) is 1. The molecule has 0 saturated heterocycles. The zero-order valence-corrected chi connectivity index (χ0v) is 8.97. The van der Waals surface area contributed by atoms with Crippen LogP contribution in [0.25, 0.3) is 0 Å². The van der Waals surface area contributed by atoms with Gasteiger partial charge in [0, 0.05) is 6.54 Å². The van der Waals surface area contributed by atoms with Gasteiger partial charge in [-0.15, -0.1) is 0 Å². The van der Waals surface area contributed by atoms with Crippen molar-refractivity contribution in [1.82, 2.24) is 19.0 Å². The lowest BCUT2D eigenvalue weighted by molar-refractivity contribution is 0.394. The normalized spacial score (nSPS) is 11.0. The first-order chi connectivity index (χ1) is 6.29. The first-order valence-corrected chi connectivity index (χ1v) is 5.14. The van der Waals surface area contributed by atoms with Crippen LogP contribution in [0.5, 0.6) is 0 Å². The van der Waals surface area contributed by atoms with Gasteiger partial charge in [-0.3, -0.25) is 0 Å². The minimum Gasteiger partial charge on any atom is -0.311 e. The Bertz CT molecular complexity index is 210. The van der Waals surface area contributed by atoms with E-state index in [0.717, 1.165) is 25.3 Å². The van der Waals surface area contributed by atoms with E-state index in [1.165, 1.54) is 18.1 Å². The van der Waals surface area contributed by atoms with Gasteiger partial charge < -0.3 is 10.2 Å². The molecular weight excluding hydrogens is 184 g/mol. The molecule has 74 valence electrons. The molecule has 0 aliphatic carbocycles. The van der Waals surface area contributed by atoms with Crippen molar-refractivity contribution in [2.45, 2.75) is 13.0 Å². The second-order valence-electron chi connectivity index (χ2n) is 3.23. The molecule has 1 N–H and O–H groups in total. The van der Waals surface area contributed by atoms with E-state index in [4.69, 9.17) is 0 Å². The smallest absolute Gasteiger partial charge is 0.0880 e. The minimum atomic E-state index is 0.837. The number of rotatable bonds is 6. The third-order valence-electron chi connectivity index (χ3n) is 1.67. The Hall–Kier alpha value is -0.520. The maximum atomic E-state index is 4.11. The molecule has 0 unspecified atom stereocenters. The molecule has 0 saturated carbocycles. The molecule has 0 radical (unpaired) electrons. The molecule has 1 aromatic rings. The SMILES string of the molecule is CN(C)CCCNCc1cnsn1. The van der Waals surface area contributed by atoms with Crippen molar-refractivity contribution in [1.29, 1.82) is 0 Å². The molecule has 0 bridgehead atoms. The highest BCUT2D eigenvalue weighted by Crippen LogP contribution is 1.93. The van der Waals surface area contributed by atoms with Crippen molar-refractivity contribution in [2.75, 3.05) is 27.2 Å². The molecule has 1 aromatic heterocycles. The molecule has 0 atom stereocenters. The lowest BCUT2D eigenvalue weighted by Gasteiger charge is -2.08. The van der Waals surface area contributed by atoms with E-state index in [1.54, 1.807) is 0 Å². The molecule has 4 nitrogen and oxygen atoms in total. The number of hydrogen-bond donors (Lipinski definition) is 1. The summed E-state index contributed by atoms with van der Waals surface area (Å²) in [6, 6.07) is 0. The zero-order chi connectivity index (χ0) is 9.52. The van der Waals surface area contributed by atoms with Gasteiger partial charge in [0.25, 0.3) is 0 Å². The Morgan fingerprint density at radius 3 is 3.00 bits per heavy atom. The summed E-state index contributed by atoms with van der Waals surface area (Å²) in [6.45, 7) is 3.00. The summed E-state index contributed by atoms with van der Waals surface area (Å²) in [4.78, 5) is 2.19. The lowest BCUT2D eigenvalue weighted by Crippen LogP contribution is -2.21. The number of hydrogen-bond acceptors (Lipinski definition) is 5. The summed E-state index contributed by atoms with van der Waals surface area (Å²) < 4.78 is 8.04. The van der Waals surface area contributed by atoms with Crippen LogP contribution in [0.3, 0.4) is 0 Å². The van der Waals surface area contributed by atoms with Crippen LogP contribution in [-0.2, 0) is 6.54 Å². The lowest BCUT2D eigenvalue weighted by atomic mass is 10.4. The van der Waals surface area contributed by atoms with E-state index in [0.29, 0.717) is 0 Å². The molecule has 0 aliphatic heterocycles. The standard InChI is InChI=1S/C8H16N4S/c1-12(2)5-3-4-9-6-8-7-10-13-11-8/h7,9H,3-6H2,1-2H3. The predicted molar refractivity (Wildman–Crippen MR) is 54.8 cm³/mol. The summed E-state index contributed by atoms with van der Waals surface area (Å²) in [5.74, 6) is 0. The summed E-state index contributed by atoms with van der Waals surface area (Å²) in [5.41, 5.74) is 1.04. The van der Waals surface area contributed by atoms with Crippen LogP contribution in [0.4, 0.5) is 0 Å². The molecule has 0 fully saturated rings.